The SMILES string of the molecule is CC(C)(C)OC(=O)N1CCC(Oc2nc3ccccc3n2Cc2ccccc2C#N)CC1. The third-order valence-corrected chi connectivity index (χ3v) is 5.45. The van der Waals surface area contributed by atoms with E-state index in [1.807, 2.05) is 73.9 Å². The average Bonchev–Trinajstić information content (AvgIpc) is 3.10. The number of fused-ring (bicyclic) bond motifs is 1. The summed E-state index contributed by atoms with van der Waals surface area (Å²) in [4.78, 5) is 18.8. The van der Waals surface area contributed by atoms with Crippen LogP contribution in [0.15, 0.2) is 48.5 Å². The lowest BCUT2D eigenvalue weighted by Crippen LogP contribution is -2.44. The molecule has 166 valence electrons. The molecule has 1 aliphatic rings. The number of carbonyl (C=O) groups is 1. The third kappa shape index (κ3) is 4.86. The Balaban J connectivity index is 1.51. The molecular weight excluding hydrogens is 404 g/mol. The zero-order valence-corrected chi connectivity index (χ0v) is 18.7. The number of nitriles is 1. The highest BCUT2D eigenvalue weighted by atomic mass is 16.6. The van der Waals surface area contributed by atoms with Crippen LogP contribution in [0.25, 0.3) is 11.0 Å². The van der Waals surface area contributed by atoms with Crippen LogP contribution in [-0.2, 0) is 11.3 Å². The maximum atomic E-state index is 12.3. The molecule has 0 atom stereocenters. The molecule has 1 amide bonds. The van der Waals surface area contributed by atoms with Crippen molar-refractivity contribution in [2.75, 3.05) is 13.1 Å². The van der Waals surface area contributed by atoms with Crippen molar-refractivity contribution in [2.24, 2.45) is 0 Å². The van der Waals surface area contributed by atoms with Crippen LogP contribution in [-0.4, -0.2) is 45.3 Å². The monoisotopic (exact) mass is 432 g/mol. The number of aromatic nitrogens is 2. The lowest BCUT2D eigenvalue weighted by Gasteiger charge is -2.33. The standard InChI is InChI=1S/C25H28N4O3/c1-25(2,3)32-24(30)28-14-12-20(13-15-28)31-23-27-21-10-6-7-11-22(21)29(23)17-19-9-5-4-8-18(19)16-26/h4-11,20H,12-15,17H2,1-3H3. The Hall–Kier alpha value is -3.53. The van der Waals surface area contributed by atoms with Gasteiger partial charge in [-0.2, -0.15) is 10.2 Å². The van der Waals surface area contributed by atoms with Gasteiger partial charge in [-0.25, -0.2) is 4.79 Å². The van der Waals surface area contributed by atoms with Crippen LogP contribution < -0.4 is 4.74 Å². The number of amides is 1. The molecule has 3 aromatic rings. The van der Waals surface area contributed by atoms with Gasteiger partial charge >= 0.3 is 6.09 Å². The molecule has 0 bridgehead atoms. The Labute approximate surface area is 188 Å². The zero-order chi connectivity index (χ0) is 22.7. The van der Waals surface area contributed by atoms with Crippen molar-refractivity contribution in [2.45, 2.75) is 51.9 Å². The predicted octanol–water partition coefficient (Wildman–Crippen LogP) is 4.73. The molecule has 0 saturated carbocycles. The van der Waals surface area contributed by atoms with E-state index in [2.05, 4.69) is 6.07 Å². The van der Waals surface area contributed by atoms with Gasteiger partial charge in [-0.15, -0.1) is 0 Å². The Morgan fingerprint density at radius 1 is 1.12 bits per heavy atom. The molecule has 4 rings (SSSR count). The van der Waals surface area contributed by atoms with Crippen LogP contribution in [0.2, 0.25) is 0 Å². The fourth-order valence-electron chi connectivity index (χ4n) is 3.87. The Morgan fingerprint density at radius 3 is 2.53 bits per heavy atom. The highest BCUT2D eigenvalue weighted by molar-refractivity contribution is 5.76. The van der Waals surface area contributed by atoms with E-state index in [-0.39, 0.29) is 12.2 Å². The van der Waals surface area contributed by atoms with Crippen LogP contribution in [0.1, 0.15) is 44.7 Å². The smallest absolute Gasteiger partial charge is 0.410 e. The summed E-state index contributed by atoms with van der Waals surface area (Å²) in [5.74, 6) is 0. The van der Waals surface area contributed by atoms with E-state index in [9.17, 15) is 10.1 Å². The van der Waals surface area contributed by atoms with Gasteiger partial charge in [0.25, 0.3) is 6.01 Å². The summed E-state index contributed by atoms with van der Waals surface area (Å²) in [6.07, 6.45) is 1.08. The Kier molecular flexibility index (Phi) is 6.04. The first-order valence-electron chi connectivity index (χ1n) is 10.9. The van der Waals surface area contributed by atoms with Crippen molar-refractivity contribution in [1.29, 1.82) is 5.26 Å². The highest BCUT2D eigenvalue weighted by Crippen LogP contribution is 2.26. The second-order valence-electron chi connectivity index (χ2n) is 9.02. The van der Waals surface area contributed by atoms with Crippen LogP contribution in [0.5, 0.6) is 6.01 Å². The van der Waals surface area contributed by atoms with Crippen LogP contribution >= 0.6 is 0 Å². The van der Waals surface area contributed by atoms with Crippen molar-refractivity contribution >= 4 is 17.1 Å². The lowest BCUT2D eigenvalue weighted by atomic mass is 10.1. The second-order valence-corrected chi connectivity index (χ2v) is 9.02. The van der Waals surface area contributed by atoms with E-state index in [4.69, 9.17) is 14.5 Å². The number of benzene rings is 2. The first kappa shape index (κ1) is 21.7. The number of likely N-dealkylation sites (tertiary alicyclic amines) is 1. The van der Waals surface area contributed by atoms with E-state index in [0.29, 0.717) is 44.0 Å². The van der Waals surface area contributed by atoms with Gasteiger partial charge in [0.15, 0.2) is 0 Å². The predicted molar refractivity (Wildman–Crippen MR) is 121 cm³/mol. The minimum atomic E-state index is -0.505. The number of rotatable bonds is 4. The topological polar surface area (TPSA) is 80.4 Å². The molecule has 32 heavy (non-hydrogen) atoms. The molecule has 1 aromatic heterocycles. The van der Waals surface area contributed by atoms with Crippen LogP contribution in [0, 0.1) is 11.3 Å². The number of ether oxygens (including phenoxy) is 2. The van der Waals surface area contributed by atoms with E-state index in [0.717, 1.165) is 16.6 Å². The van der Waals surface area contributed by atoms with Crippen molar-refractivity contribution in [1.82, 2.24) is 14.5 Å². The molecule has 1 saturated heterocycles. The molecule has 0 aliphatic carbocycles. The summed E-state index contributed by atoms with van der Waals surface area (Å²) in [5, 5.41) is 9.48. The first-order chi connectivity index (χ1) is 15.3. The molecule has 2 heterocycles. The summed E-state index contributed by atoms with van der Waals surface area (Å²) in [5.41, 5.74) is 2.86. The molecule has 7 nitrogen and oxygen atoms in total. The number of piperidine rings is 1. The second kappa shape index (κ2) is 8.91. The Bertz CT molecular complexity index is 1150. The number of hydrogen-bond acceptors (Lipinski definition) is 5. The fourth-order valence-corrected chi connectivity index (χ4v) is 3.87. The van der Waals surface area contributed by atoms with Crippen molar-refractivity contribution in [3.8, 4) is 12.1 Å². The van der Waals surface area contributed by atoms with Crippen molar-refractivity contribution < 1.29 is 14.3 Å². The third-order valence-electron chi connectivity index (χ3n) is 5.45. The summed E-state index contributed by atoms with van der Waals surface area (Å²) in [6.45, 7) is 7.27. The molecule has 1 fully saturated rings. The molecule has 0 spiro atoms. The van der Waals surface area contributed by atoms with Gasteiger partial charge in [-0.1, -0.05) is 30.3 Å². The van der Waals surface area contributed by atoms with E-state index in [1.54, 1.807) is 4.90 Å². The molecular formula is C25H28N4O3. The van der Waals surface area contributed by atoms with E-state index >= 15 is 0 Å². The van der Waals surface area contributed by atoms with Gasteiger partial charge in [0.2, 0.25) is 0 Å². The quantitative estimate of drug-likeness (QED) is 0.595. The largest absolute Gasteiger partial charge is 0.461 e. The van der Waals surface area contributed by atoms with Gasteiger partial charge in [-0.05, 0) is 44.5 Å². The molecule has 0 unspecified atom stereocenters. The number of hydrogen-bond donors (Lipinski definition) is 0. The summed E-state index contributed by atoms with van der Waals surface area (Å²) >= 11 is 0. The summed E-state index contributed by atoms with van der Waals surface area (Å²) in [6, 6.07) is 18.3. The normalized spacial score (nSPS) is 14.9. The Morgan fingerprint density at radius 2 is 1.81 bits per heavy atom. The van der Waals surface area contributed by atoms with E-state index < -0.39 is 5.60 Å². The molecule has 2 aromatic carbocycles. The average molecular weight is 433 g/mol. The maximum absolute atomic E-state index is 12.3. The molecule has 0 N–H and O–H groups in total. The highest BCUT2D eigenvalue weighted by Gasteiger charge is 2.28. The van der Waals surface area contributed by atoms with Crippen LogP contribution in [0.3, 0.4) is 0 Å². The van der Waals surface area contributed by atoms with Gasteiger partial charge < -0.3 is 14.4 Å². The minimum Gasteiger partial charge on any atom is -0.461 e. The molecule has 7 heteroatoms. The fraction of sp³-hybridized carbons (Fsp3) is 0.400. The van der Waals surface area contributed by atoms with Crippen molar-refractivity contribution in [3.05, 3.63) is 59.7 Å². The van der Waals surface area contributed by atoms with Gasteiger partial charge in [-0.3, -0.25) is 4.57 Å². The number of nitrogens with zero attached hydrogens (tertiary/aromatic N) is 4. The number of imidazole rings is 1. The summed E-state index contributed by atoms with van der Waals surface area (Å²) in [7, 11) is 0. The van der Waals surface area contributed by atoms with Gasteiger partial charge in [0.05, 0.1) is 29.2 Å². The maximum Gasteiger partial charge on any atom is 0.410 e. The van der Waals surface area contributed by atoms with Crippen LogP contribution in [0.4, 0.5) is 4.79 Å². The summed E-state index contributed by atoms with van der Waals surface area (Å²) < 4.78 is 13.8. The van der Waals surface area contributed by atoms with Gasteiger partial charge in [0, 0.05) is 25.9 Å². The number of para-hydroxylation sites is 2. The molecule has 0 radical (unpaired) electrons. The number of carbonyl (C=O) groups excluding carboxylic acids is 1. The van der Waals surface area contributed by atoms with E-state index in [1.165, 1.54) is 0 Å². The minimum absolute atomic E-state index is 0.0459. The first-order valence-corrected chi connectivity index (χ1v) is 10.9. The molecule has 1 aliphatic heterocycles. The lowest BCUT2D eigenvalue weighted by molar-refractivity contribution is 0.0116. The zero-order valence-electron chi connectivity index (χ0n) is 18.7. The van der Waals surface area contributed by atoms with Crippen molar-refractivity contribution in [3.63, 3.8) is 0 Å². The van der Waals surface area contributed by atoms with Gasteiger partial charge in [0.1, 0.15) is 11.7 Å².